The molecule has 3 unspecified atom stereocenters. The fraction of sp³-hybridized carbons (Fsp3) is 0.769. The quantitative estimate of drug-likeness (QED) is 0.137. The first kappa shape index (κ1) is 26.5. The molecule has 0 aliphatic carbocycles. The Hall–Kier alpha value is 1.53. The van der Waals surface area contributed by atoms with Gasteiger partial charge in [0.05, 0.1) is 12.0 Å². The van der Waals surface area contributed by atoms with Gasteiger partial charge in [0.1, 0.15) is 5.60 Å². The largest absolute Gasteiger partial charge is 0.469 e. The Bertz CT molecular complexity index is 491. The Morgan fingerprint density at radius 1 is 1.24 bits per heavy atom. The van der Waals surface area contributed by atoms with Crippen LogP contribution in [0, 0.1) is 0 Å². The SMILES string of the molecule is C=C(C)C(=O)OC(CC(Br)CBr)(CC(Br)CBr)C(Cl)COP(=O)(O)O. The minimum absolute atomic E-state index is 0.100. The van der Waals surface area contributed by atoms with E-state index < -0.39 is 31.4 Å². The van der Waals surface area contributed by atoms with Crippen LogP contribution >= 0.6 is 83.1 Å². The van der Waals surface area contributed by atoms with Crippen LogP contribution in [-0.4, -0.2) is 53.7 Å². The van der Waals surface area contributed by atoms with Crippen molar-refractivity contribution < 1.29 is 28.4 Å². The minimum Gasteiger partial charge on any atom is -0.454 e. The summed E-state index contributed by atoms with van der Waals surface area (Å²) in [6.07, 6.45) is 0.593. The van der Waals surface area contributed by atoms with Gasteiger partial charge in [0.25, 0.3) is 0 Å². The molecule has 0 radical (unpaired) electrons. The summed E-state index contributed by atoms with van der Waals surface area (Å²) in [7, 11) is -4.71. The zero-order valence-corrected chi connectivity index (χ0v) is 21.3. The number of ether oxygens (including phenoxy) is 1. The van der Waals surface area contributed by atoms with Crippen LogP contribution in [0.25, 0.3) is 0 Å². The summed E-state index contributed by atoms with van der Waals surface area (Å²) >= 11 is 20.0. The maximum Gasteiger partial charge on any atom is 0.469 e. The number of hydrogen-bond donors (Lipinski definition) is 2. The lowest BCUT2D eigenvalue weighted by molar-refractivity contribution is -0.157. The number of carbonyl (C=O) groups excluding carboxylic acids is 1. The van der Waals surface area contributed by atoms with Crippen LogP contribution in [-0.2, 0) is 18.6 Å². The van der Waals surface area contributed by atoms with Gasteiger partial charge in [0.2, 0.25) is 0 Å². The number of phosphoric acid groups is 1. The highest BCUT2D eigenvalue weighted by molar-refractivity contribution is 9.12. The van der Waals surface area contributed by atoms with Crippen LogP contribution < -0.4 is 0 Å². The minimum atomic E-state index is -4.71. The summed E-state index contributed by atoms with van der Waals surface area (Å²) in [5, 5.41) is 0.120. The van der Waals surface area contributed by atoms with Gasteiger partial charge in [-0.25, -0.2) is 9.36 Å². The molecule has 0 aliphatic heterocycles. The Morgan fingerprint density at radius 3 is 2.00 bits per heavy atom. The summed E-state index contributed by atoms with van der Waals surface area (Å²) in [6, 6.07) is 0. The molecule has 0 aromatic heterocycles. The molecule has 0 fully saturated rings. The van der Waals surface area contributed by atoms with Crippen molar-refractivity contribution in [3.05, 3.63) is 12.2 Å². The molecule has 2 N–H and O–H groups in total. The van der Waals surface area contributed by atoms with Crippen LogP contribution in [0.5, 0.6) is 0 Å². The summed E-state index contributed by atoms with van der Waals surface area (Å²) in [5.74, 6) is -0.634. The van der Waals surface area contributed by atoms with Crippen molar-refractivity contribution in [2.45, 2.75) is 40.4 Å². The third-order valence-corrected chi connectivity index (χ3v) is 8.68. The smallest absolute Gasteiger partial charge is 0.454 e. The second-order valence-corrected chi connectivity index (χ2v) is 11.1. The fourth-order valence-electron chi connectivity index (χ4n) is 1.93. The van der Waals surface area contributed by atoms with E-state index in [4.69, 9.17) is 26.1 Å². The average molecular weight is 658 g/mol. The van der Waals surface area contributed by atoms with E-state index in [1.807, 2.05) is 0 Å². The zero-order valence-electron chi connectivity index (χ0n) is 13.3. The van der Waals surface area contributed by atoms with Gasteiger partial charge in [0, 0.05) is 38.7 Å². The van der Waals surface area contributed by atoms with Crippen molar-refractivity contribution in [1.82, 2.24) is 0 Å². The molecule has 0 heterocycles. The molecular formula is C13H20Br4ClO6P. The first-order valence-corrected chi connectivity index (χ1v) is 13.0. The second-order valence-electron chi connectivity index (χ2n) is 5.40. The summed E-state index contributed by atoms with van der Waals surface area (Å²) in [5.41, 5.74) is -1.05. The van der Waals surface area contributed by atoms with E-state index in [-0.39, 0.29) is 15.2 Å². The van der Waals surface area contributed by atoms with Crippen molar-refractivity contribution in [3.8, 4) is 0 Å². The number of halogens is 5. The molecule has 148 valence electrons. The highest BCUT2D eigenvalue weighted by atomic mass is 79.9. The van der Waals surface area contributed by atoms with Crippen molar-refractivity contribution in [2.24, 2.45) is 0 Å². The van der Waals surface area contributed by atoms with E-state index in [9.17, 15) is 9.36 Å². The average Bonchev–Trinajstić information content (AvgIpc) is 2.50. The molecule has 6 nitrogen and oxygen atoms in total. The summed E-state index contributed by atoms with van der Waals surface area (Å²) in [4.78, 5) is 29.8. The molecule has 0 aromatic rings. The van der Waals surface area contributed by atoms with Gasteiger partial charge in [-0.3, -0.25) is 4.52 Å². The topological polar surface area (TPSA) is 93.1 Å². The van der Waals surface area contributed by atoms with Crippen molar-refractivity contribution in [3.63, 3.8) is 0 Å². The van der Waals surface area contributed by atoms with Gasteiger partial charge in [-0.2, -0.15) is 0 Å². The predicted molar refractivity (Wildman–Crippen MR) is 114 cm³/mol. The van der Waals surface area contributed by atoms with E-state index in [0.29, 0.717) is 23.5 Å². The lowest BCUT2D eigenvalue weighted by Gasteiger charge is -2.39. The van der Waals surface area contributed by atoms with Gasteiger partial charge in [-0.05, 0) is 6.92 Å². The normalized spacial score (nSPS) is 18.1. The molecule has 0 amide bonds. The third kappa shape index (κ3) is 10.6. The lowest BCUT2D eigenvalue weighted by Crippen LogP contribution is -2.49. The van der Waals surface area contributed by atoms with Crippen molar-refractivity contribution >= 4 is 89.1 Å². The van der Waals surface area contributed by atoms with Crippen LogP contribution in [0.3, 0.4) is 0 Å². The Morgan fingerprint density at radius 2 is 1.68 bits per heavy atom. The predicted octanol–water partition coefficient (Wildman–Crippen LogP) is 4.66. The Labute approximate surface area is 186 Å². The highest BCUT2D eigenvalue weighted by Crippen LogP contribution is 2.41. The third-order valence-electron chi connectivity index (χ3n) is 3.07. The molecule has 0 spiro atoms. The van der Waals surface area contributed by atoms with Gasteiger partial charge >= 0.3 is 13.8 Å². The summed E-state index contributed by atoms with van der Waals surface area (Å²) < 4.78 is 21.2. The molecule has 3 atom stereocenters. The van der Waals surface area contributed by atoms with E-state index >= 15 is 0 Å². The monoisotopic (exact) mass is 654 g/mol. The van der Waals surface area contributed by atoms with E-state index in [0.717, 1.165) is 0 Å². The number of rotatable bonds is 12. The van der Waals surface area contributed by atoms with E-state index in [1.54, 1.807) is 0 Å². The van der Waals surface area contributed by atoms with Gasteiger partial charge in [-0.15, -0.1) is 11.6 Å². The zero-order chi connectivity index (χ0) is 19.8. The molecule has 0 aliphatic rings. The Balaban J connectivity index is 5.72. The van der Waals surface area contributed by atoms with Crippen LogP contribution in [0.1, 0.15) is 19.8 Å². The number of hydrogen-bond acceptors (Lipinski definition) is 4. The first-order chi connectivity index (χ1) is 11.4. The van der Waals surface area contributed by atoms with Gasteiger partial charge in [-0.1, -0.05) is 70.3 Å². The molecule has 0 bridgehead atoms. The Kier molecular flexibility index (Phi) is 12.9. The van der Waals surface area contributed by atoms with Crippen molar-refractivity contribution in [2.75, 3.05) is 17.3 Å². The van der Waals surface area contributed by atoms with Gasteiger partial charge < -0.3 is 14.5 Å². The molecule has 25 heavy (non-hydrogen) atoms. The first-order valence-electron chi connectivity index (χ1n) is 7.00. The molecular weight excluding hydrogens is 638 g/mol. The highest BCUT2D eigenvalue weighted by Gasteiger charge is 2.45. The van der Waals surface area contributed by atoms with Crippen LogP contribution in [0.15, 0.2) is 12.2 Å². The maximum atomic E-state index is 12.2. The van der Waals surface area contributed by atoms with Crippen LogP contribution in [0.4, 0.5) is 0 Å². The molecule has 0 aromatic carbocycles. The number of alkyl halides is 5. The number of carbonyl (C=O) groups is 1. The lowest BCUT2D eigenvalue weighted by atomic mass is 9.88. The number of esters is 1. The standard InChI is InChI=1S/C13H20Br4ClO6P/c1-8(2)12(19)24-13(3-9(16)5-14,4-10(17)6-15)11(18)7-23-25(20,21)22/h9-11H,1,3-7H2,2H3,(H2,20,21,22). The van der Waals surface area contributed by atoms with E-state index in [1.165, 1.54) is 6.92 Å². The second kappa shape index (κ2) is 12.2. The molecule has 0 saturated heterocycles. The molecule has 0 rings (SSSR count). The maximum absolute atomic E-state index is 12.2. The molecule has 0 saturated carbocycles. The van der Waals surface area contributed by atoms with Crippen LogP contribution in [0.2, 0.25) is 0 Å². The van der Waals surface area contributed by atoms with Crippen molar-refractivity contribution in [1.29, 1.82) is 0 Å². The van der Waals surface area contributed by atoms with Gasteiger partial charge in [0.15, 0.2) is 0 Å². The number of phosphoric ester groups is 1. The fourth-order valence-corrected chi connectivity index (χ4v) is 4.20. The molecule has 12 heteroatoms. The van der Waals surface area contributed by atoms with E-state index in [2.05, 4.69) is 74.8 Å². The summed E-state index contributed by atoms with van der Waals surface area (Å²) in [6.45, 7) is 4.59.